The number of nitrogens with zero attached hydrogens (tertiary/aromatic N) is 1. The van der Waals surface area contributed by atoms with E-state index in [1.54, 1.807) is 5.01 Å². The van der Waals surface area contributed by atoms with Crippen LogP contribution in [0.25, 0.3) is 0 Å². The van der Waals surface area contributed by atoms with Crippen LogP contribution in [0.1, 0.15) is 12.8 Å². The van der Waals surface area contributed by atoms with Crippen molar-refractivity contribution in [2.45, 2.75) is 12.8 Å². The van der Waals surface area contributed by atoms with Crippen LogP contribution in [0.4, 0.5) is 0 Å². The van der Waals surface area contributed by atoms with Gasteiger partial charge in [-0.1, -0.05) is 0 Å². The number of hydrogen-bond donors (Lipinski definition) is 1. The van der Waals surface area contributed by atoms with Gasteiger partial charge in [0.15, 0.2) is 0 Å². The van der Waals surface area contributed by atoms with Crippen molar-refractivity contribution in [3.8, 4) is 0 Å². The maximum absolute atomic E-state index is 10.7. The Morgan fingerprint density at radius 3 is 3.00 bits per heavy atom. The van der Waals surface area contributed by atoms with E-state index in [0.717, 1.165) is 0 Å². The Hall–Kier alpha value is -1.10. The van der Waals surface area contributed by atoms with Crippen molar-refractivity contribution in [3.63, 3.8) is 0 Å². The van der Waals surface area contributed by atoms with E-state index in [-0.39, 0.29) is 11.9 Å². The Morgan fingerprint density at radius 1 is 1.75 bits per heavy atom. The van der Waals surface area contributed by atoms with Crippen LogP contribution in [0, 0.1) is 0 Å². The van der Waals surface area contributed by atoms with Crippen molar-refractivity contribution in [1.82, 2.24) is 10.4 Å². The molecule has 0 aromatic carbocycles. The molecular weight excluding hydrogens is 160 g/mol. The minimum Gasteiger partial charge on any atom is -0.469 e. The standard InChI is InChI=1S/C7H12N2O3/c1-12-7(11)3-5-9-4-2-6(10)8-9/h2-5H2,1H3,(H,8,10). The summed E-state index contributed by atoms with van der Waals surface area (Å²) in [4.78, 5) is 21.4. The first-order valence-corrected chi connectivity index (χ1v) is 3.83. The van der Waals surface area contributed by atoms with Gasteiger partial charge < -0.3 is 4.74 Å². The Kier molecular flexibility index (Phi) is 3.04. The van der Waals surface area contributed by atoms with Crippen molar-refractivity contribution >= 4 is 11.9 Å². The fourth-order valence-corrected chi connectivity index (χ4v) is 1.02. The fourth-order valence-electron chi connectivity index (χ4n) is 1.02. The molecule has 1 fully saturated rings. The van der Waals surface area contributed by atoms with Gasteiger partial charge in [-0.25, -0.2) is 5.01 Å². The van der Waals surface area contributed by atoms with Gasteiger partial charge in [0.05, 0.1) is 13.5 Å². The van der Waals surface area contributed by atoms with Crippen LogP contribution in [-0.4, -0.2) is 37.1 Å². The zero-order valence-electron chi connectivity index (χ0n) is 7.00. The van der Waals surface area contributed by atoms with Gasteiger partial charge in [0, 0.05) is 19.5 Å². The Bertz CT molecular complexity index is 193. The van der Waals surface area contributed by atoms with E-state index in [9.17, 15) is 9.59 Å². The molecule has 1 heterocycles. The van der Waals surface area contributed by atoms with Gasteiger partial charge >= 0.3 is 5.97 Å². The molecule has 1 rings (SSSR count). The third kappa shape index (κ3) is 2.50. The van der Waals surface area contributed by atoms with Gasteiger partial charge in [0.1, 0.15) is 0 Å². The quantitative estimate of drug-likeness (QED) is 0.571. The Morgan fingerprint density at radius 2 is 2.50 bits per heavy atom. The van der Waals surface area contributed by atoms with Crippen molar-refractivity contribution < 1.29 is 14.3 Å². The van der Waals surface area contributed by atoms with Crippen LogP contribution in [0.3, 0.4) is 0 Å². The number of esters is 1. The molecule has 12 heavy (non-hydrogen) atoms. The normalized spacial score (nSPS) is 17.6. The predicted octanol–water partition coefficient (Wildman–Crippen LogP) is -0.714. The number of hydrazine groups is 1. The molecule has 0 unspecified atom stereocenters. The first kappa shape index (κ1) is 8.99. The third-order valence-corrected chi connectivity index (χ3v) is 1.71. The van der Waals surface area contributed by atoms with Crippen molar-refractivity contribution in [2.75, 3.05) is 20.2 Å². The average Bonchev–Trinajstić information content (AvgIpc) is 2.47. The summed E-state index contributed by atoms with van der Waals surface area (Å²) in [5.41, 5.74) is 2.62. The number of hydrogen-bond acceptors (Lipinski definition) is 4. The number of methoxy groups -OCH3 is 1. The van der Waals surface area contributed by atoms with E-state index in [1.807, 2.05) is 0 Å². The molecule has 1 aliphatic heterocycles. The number of rotatable bonds is 3. The van der Waals surface area contributed by atoms with Gasteiger partial charge in [-0.2, -0.15) is 0 Å². The zero-order valence-corrected chi connectivity index (χ0v) is 7.00. The number of nitrogens with one attached hydrogen (secondary N) is 1. The maximum atomic E-state index is 10.7. The van der Waals surface area contributed by atoms with E-state index < -0.39 is 0 Å². The smallest absolute Gasteiger partial charge is 0.306 e. The second-order valence-electron chi connectivity index (χ2n) is 2.60. The molecule has 0 aromatic heterocycles. The molecular formula is C7H12N2O3. The zero-order chi connectivity index (χ0) is 8.97. The van der Waals surface area contributed by atoms with Crippen LogP contribution < -0.4 is 5.43 Å². The van der Waals surface area contributed by atoms with Crippen molar-refractivity contribution in [2.24, 2.45) is 0 Å². The molecule has 1 amide bonds. The molecule has 1 saturated heterocycles. The molecule has 5 nitrogen and oxygen atoms in total. The summed E-state index contributed by atoms with van der Waals surface area (Å²) in [6.07, 6.45) is 0.831. The summed E-state index contributed by atoms with van der Waals surface area (Å²) in [6.45, 7) is 1.20. The average molecular weight is 172 g/mol. The summed E-state index contributed by atoms with van der Waals surface area (Å²) in [5, 5.41) is 1.72. The van der Waals surface area contributed by atoms with Gasteiger partial charge in [0.25, 0.3) is 0 Å². The van der Waals surface area contributed by atoms with E-state index in [0.29, 0.717) is 25.9 Å². The van der Waals surface area contributed by atoms with E-state index in [2.05, 4.69) is 10.2 Å². The van der Waals surface area contributed by atoms with E-state index in [1.165, 1.54) is 7.11 Å². The van der Waals surface area contributed by atoms with Crippen LogP contribution in [0.2, 0.25) is 0 Å². The number of ether oxygens (including phenoxy) is 1. The topological polar surface area (TPSA) is 58.6 Å². The van der Waals surface area contributed by atoms with Crippen molar-refractivity contribution in [1.29, 1.82) is 0 Å². The molecule has 0 spiro atoms. The minimum absolute atomic E-state index is 0.0138. The van der Waals surface area contributed by atoms with Gasteiger partial charge in [0.2, 0.25) is 5.91 Å². The highest BCUT2D eigenvalue weighted by Crippen LogP contribution is 1.99. The highest BCUT2D eigenvalue weighted by atomic mass is 16.5. The van der Waals surface area contributed by atoms with Crippen LogP contribution in [0.5, 0.6) is 0 Å². The first-order valence-electron chi connectivity index (χ1n) is 3.83. The SMILES string of the molecule is COC(=O)CCN1CCC(=O)N1. The summed E-state index contributed by atoms with van der Waals surface area (Å²) in [5.74, 6) is -0.240. The molecule has 68 valence electrons. The lowest BCUT2D eigenvalue weighted by Crippen LogP contribution is -2.34. The molecule has 0 bridgehead atoms. The molecule has 1 aliphatic rings. The lowest BCUT2D eigenvalue weighted by molar-refractivity contribution is -0.141. The fraction of sp³-hybridized carbons (Fsp3) is 0.714. The largest absolute Gasteiger partial charge is 0.469 e. The van der Waals surface area contributed by atoms with Gasteiger partial charge in [-0.05, 0) is 0 Å². The number of carbonyl (C=O) groups excluding carboxylic acids is 2. The maximum Gasteiger partial charge on any atom is 0.306 e. The predicted molar refractivity (Wildman–Crippen MR) is 41.0 cm³/mol. The van der Waals surface area contributed by atoms with Crippen molar-refractivity contribution in [3.05, 3.63) is 0 Å². The molecule has 0 aliphatic carbocycles. The second-order valence-corrected chi connectivity index (χ2v) is 2.60. The lowest BCUT2D eigenvalue weighted by atomic mass is 10.4. The number of amides is 1. The summed E-state index contributed by atoms with van der Waals surface area (Å²) in [6, 6.07) is 0. The Balaban J connectivity index is 2.16. The molecule has 0 saturated carbocycles. The first-order chi connectivity index (χ1) is 5.72. The minimum atomic E-state index is -0.254. The molecule has 0 radical (unpaired) electrons. The molecule has 0 atom stereocenters. The lowest BCUT2D eigenvalue weighted by Gasteiger charge is -2.12. The molecule has 5 heteroatoms. The monoisotopic (exact) mass is 172 g/mol. The van der Waals surface area contributed by atoms with E-state index >= 15 is 0 Å². The summed E-state index contributed by atoms with van der Waals surface area (Å²) >= 11 is 0. The van der Waals surface area contributed by atoms with Crippen LogP contribution in [0.15, 0.2) is 0 Å². The van der Waals surface area contributed by atoms with Crippen LogP contribution in [-0.2, 0) is 14.3 Å². The second kappa shape index (κ2) is 4.06. The van der Waals surface area contributed by atoms with Gasteiger partial charge in [-0.15, -0.1) is 0 Å². The highest BCUT2D eigenvalue weighted by Gasteiger charge is 2.18. The summed E-state index contributed by atoms with van der Waals surface area (Å²) < 4.78 is 4.46. The third-order valence-electron chi connectivity index (χ3n) is 1.71. The van der Waals surface area contributed by atoms with E-state index in [4.69, 9.17) is 0 Å². The summed E-state index contributed by atoms with van der Waals surface area (Å²) in [7, 11) is 1.35. The molecule has 0 aromatic rings. The van der Waals surface area contributed by atoms with Gasteiger partial charge in [-0.3, -0.25) is 15.0 Å². The Labute approximate surface area is 70.6 Å². The molecule has 1 N–H and O–H groups in total. The van der Waals surface area contributed by atoms with Crippen LogP contribution >= 0.6 is 0 Å². The number of carbonyl (C=O) groups is 2. The highest BCUT2D eigenvalue weighted by molar-refractivity contribution is 5.77.